The number of piperidine rings is 1. The zero-order valence-corrected chi connectivity index (χ0v) is 16.4. The Bertz CT molecular complexity index is 713. The molecule has 140 valence electrons. The Balaban J connectivity index is 1.77. The zero-order valence-electron chi connectivity index (χ0n) is 16.4. The maximum Gasteiger partial charge on any atom is 0.317 e. The van der Waals surface area contributed by atoms with Crippen molar-refractivity contribution in [2.24, 2.45) is 5.41 Å². The normalized spacial score (nSPS) is 24.5. The van der Waals surface area contributed by atoms with Crippen molar-refractivity contribution in [2.75, 3.05) is 19.6 Å². The van der Waals surface area contributed by atoms with Gasteiger partial charge >= 0.3 is 6.03 Å². The van der Waals surface area contributed by atoms with Gasteiger partial charge in [0.2, 0.25) is 0 Å². The molecule has 1 fully saturated rings. The number of fused-ring (bicyclic) bond motifs is 1. The van der Waals surface area contributed by atoms with E-state index in [1.165, 1.54) is 17.5 Å². The number of urea groups is 1. The molecule has 1 aromatic rings. The lowest BCUT2D eigenvalue weighted by molar-refractivity contribution is 0.133. The molecule has 2 amide bonds. The molecule has 1 aromatic carbocycles. The molecule has 3 rings (SSSR count). The average molecular weight is 354 g/mol. The van der Waals surface area contributed by atoms with Gasteiger partial charge in [-0.2, -0.15) is 5.26 Å². The van der Waals surface area contributed by atoms with Crippen molar-refractivity contribution in [1.29, 1.82) is 5.26 Å². The highest BCUT2D eigenvalue weighted by atomic mass is 16.2. The predicted molar refractivity (Wildman–Crippen MR) is 104 cm³/mol. The summed E-state index contributed by atoms with van der Waals surface area (Å²) in [5.74, 6) is 0. The average Bonchev–Trinajstić information content (AvgIpc) is 2.65. The summed E-state index contributed by atoms with van der Waals surface area (Å²) >= 11 is 0. The second-order valence-corrected chi connectivity index (χ2v) is 8.70. The summed E-state index contributed by atoms with van der Waals surface area (Å²) in [6, 6.07) is 8.56. The molecule has 0 aromatic heterocycles. The van der Waals surface area contributed by atoms with Gasteiger partial charge in [-0.15, -0.1) is 0 Å². The molecule has 1 saturated heterocycles. The Hall–Kier alpha value is -2.02. The summed E-state index contributed by atoms with van der Waals surface area (Å²) in [6.07, 6.45) is 6.42. The van der Waals surface area contributed by atoms with Gasteiger partial charge in [-0.3, -0.25) is 0 Å². The monoisotopic (exact) mass is 353 g/mol. The van der Waals surface area contributed by atoms with Gasteiger partial charge in [-0.05, 0) is 61.1 Å². The van der Waals surface area contributed by atoms with E-state index in [2.05, 4.69) is 38.2 Å². The summed E-state index contributed by atoms with van der Waals surface area (Å²) < 4.78 is 0. The van der Waals surface area contributed by atoms with Gasteiger partial charge in [0.15, 0.2) is 0 Å². The number of benzene rings is 1. The molecule has 0 radical (unpaired) electrons. The second kappa shape index (κ2) is 7.31. The van der Waals surface area contributed by atoms with Crippen LogP contribution in [0.15, 0.2) is 18.2 Å². The number of nitriles is 1. The van der Waals surface area contributed by atoms with Crippen LogP contribution in [0, 0.1) is 16.7 Å². The van der Waals surface area contributed by atoms with Crippen LogP contribution in [0.1, 0.15) is 69.6 Å². The number of likely N-dealkylation sites (tertiary alicyclic amines) is 1. The maximum absolute atomic E-state index is 12.4. The molecule has 0 bridgehead atoms. The molecule has 1 aliphatic heterocycles. The van der Waals surface area contributed by atoms with Crippen LogP contribution in [0.25, 0.3) is 0 Å². The van der Waals surface area contributed by atoms with Crippen molar-refractivity contribution >= 4 is 6.03 Å². The van der Waals surface area contributed by atoms with E-state index in [0.717, 1.165) is 50.8 Å². The van der Waals surface area contributed by atoms with Crippen LogP contribution >= 0.6 is 0 Å². The van der Waals surface area contributed by atoms with Gasteiger partial charge in [0.05, 0.1) is 11.6 Å². The highest BCUT2D eigenvalue weighted by Crippen LogP contribution is 2.52. The Morgan fingerprint density at radius 1 is 1.23 bits per heavy atom. The van der Waals surface area contributed by atoms with Crippen molar-refractivity contribution in [2.45, 2.75) is 64.7 Å². The van der Waals surface area contributed by atoms with Crippen LogP contribution < -0.4 is 5.32 Å². The first kappa shape index (κ1) is 18.8. The maximum atomic E-state index is 12.4. The highest BCUT2D eigenvalue weighted by molar-refractivity contribution is 5.74. The first-order chi connectivity index (χ1) is 12.4. The number of aryl methyl sites for hydroxylation is 1. The molecule has 26 heavy (non-hydrogen) atoms. The Labute approximate surface area is 157 Å². The largest absolute Gasteiger partial charge is 0.338 e. The molecule has 4 nitrogen and oxygen atoms in total. The summed E-state index contributed by atoms with van der Waals surface area (Å²) in [6.45, 7) is 9.27. The molecule has 1 unspecified atom stereocenters. The fraction of sp³-hybridized carbons (Fsp3) is 0.636. The van der Waals surface area contributed by atoms with Crippen molar-refractivity contribution in [3.05, 3.63) is 34.9 Å². The Kier molecular flexibility index (Phi) is 5.27. The fourth-order valence-electron chi connectivity index (χ4n) is 4.71. The van der Waals surface area contributed by atoms with Crippen LogP contribution in [0.2, 0.25) is 0 Å². The summed E-state index contributed by atoms with van der Waals surface area (Å²) in [5, 5.41) is 12.8. The predicted octanol–water partition coefficient (Wildman–Crippen LogP) is 4.37. The van der Waals surface area contributed by atoms with E-state index in [4.69, 9.17) is 0 Å². The van der Waals surface area contributed by atoms with E-state index in [1.54, 1.807) is 0 Å². The van der Waals surface area contributed by atoms with Crippen molar-refractivity contribution < 1.29 is 4.79 Å². The lowest BCUT2D eigenvalue weighted by atomic mass is 9.54. The van der Waals surface area contributed by atoms with Crippen LogP contribution in [-0.4, -0.2) is 30.6 Å². The molecule has 0 spiro atoms. The van der Waals surface area contributed by atoms with Crippen molar-refractivity contribution in [3.63, 3.8) is 0 Å². The van der Waals surface area contributed by atoms with Gasteiger partial charge in [0.1, 0.15) is 0 Å². The minimum Gasteiger partial charge on any atom is -0.338 e. The van der Waals surface area contributed by atoms with E-state index >= 15 is 0 Å². The molecule has 0 saturated carbocycles. The molecule has 4 heteroatoms. The molecule has 2 aliphatic rings. The summed E-state index contributed by atoms with van der Waals surface area (Å²) in [7, 11) is 0. The third-order valence-electron chi connectivity index (χ3n) is 6.88. The minimum atomic E-state index is -0.123. The molecule has 1 aliphatic carbocycles. The summed E-state index contributed by atoms with van der Waals surface area (Å²) in [5.41, 5.74) is 3.25. The number of nitrogens with one attached hydrogen (secondary N) is 1. The van der Waals surface area contributed by atoms with Crippen LogP contribution in [0.5, 0.6) is 0 Å². The Morgan fingerprint density at radius 3 is 2.65 bits per heavy atom. The molecular weight excluding hydrogens is 322 g/mol. The van der Waals surface area contributed by atoms with Gasteiger partial charge in [-0.1, -0.05) is 32.9 Å². The van der Waals surface area contributed by atoms with Crippen molar-refractivity contribution in [1.82, 2.24) is 10.2 Å². The van der Waals surface area contributed by atoms with Gasteiger partial charge in [0.25, 0.3) is 0 Å². The molecule has 1 atom stereocenters. The second-order valence-electron chi connectivity index (χ2n) is 8.70. The minimum absolute atomic E-state index is 0.0655. The SMILES string of the molecule is CC1(C)CCc2cccc(C#N)c2C1(C)CCNC(=O)N1CCCCC1. The number of carbonyl (C=O) groups excluding carboxylic acids is 1. The van der Waals surface area contributed by atoms with Gasteiger partial charge in [0, 0.05) is 25.0 Å². The van der Waals surface area contributed by atoms with Gasteiger partial charge < -0.3 is 10.2 Å². The highest BCUT2D eigenvalue weighted by Gasteiger charge is 2.46. The smallest absolute Gasteiger partial charge is 0.317 e. The number of hydrogen-bond acceptors (Lipinski definition) is 2. The van der Waals surface area contributed by atoms with E-state index in [0.29, 0.717) is 6.54 Å². The van der Waals surface area contributed by atoms with Crippen LogP contribution in [0.4, 0.5) is 4.79 Å². The number of nitrogens with zero attached hydrogens (tertiary/aromatic N) is 2. The lowest BCUT2D eigenvalue weighted by Gasteiger charge is -2.50. The first-order valence-electron chi connectivity index (χ1n) is 9.94. The number of rotatable bonds is 3. The lowest BCUT2D eigenvalue weighted by Crippen LogP contribution is -2.48. The fourth-order valence-corrected chi connectivity index (χ4v) is 4.71. The molecule has 1 N–H and O–H groups in total. The van der Waals surface area contributed by atoms with E-state index in [-0.39, 0.29) is 16.9 Å². The molecular formula is C22H31N3O. The first-order valence-corrected chi connectivity index (χ1v) is 9.94. The quantitative estimate of drug-likeness (QED) is 0.877. The third-order valence-corrected chi connectivity index (χ3v) is 6.88. The van der Waals surface area contributed by atoms with Crippen LogP contribution in [-0.2, 0) is 11.8 Å². The molecule has 1 heterocycles. The number of amides is 2. The zero-order chi connectivity index (χ0) is 18.8. The van der Waals surface area contributed by atoms with E-state index in [1.807, 2.05) is 17.0 Å². The third kappa shape index (κ3) is 3.32. The van der Waals surface area contributed by atoms with Gasteiger partial charge in [-0.25, -0.2) is 4.79 Å². The number of hydrogen-bond donors (Lipinski definition) is 1. The van der Waals surface area contributed by atoms with E-state index < -0.39 is 0 Å². The van der Waals surface area contributed by atoms with Crippen LogP contribution in [0.3, 0.4) is 0 Å². The van der Waals surface area contributed by atoms with E-state index in [9.17, 15) is 10.1 Å². The number of carbonyl (C=O) groups is 1. The van der Waals surface area contributed by atoms with Crippen molar-refractivity contribution in [3.8, 4) is 6.07 Å². The summed E-state index contributed by atoms with van der Waals surface area (Å²) in [4.78, 5) is 14.4. The topological polar surface area (TPSA) is 56.1 Å². The standard InChI is InChI=1S/C22H31N3O/c1-21(2)11-10-17-8-7-9-18(16-23)19(17)22(21,3)12-13-24-20(26)25-14-5-4-6-15-25/h7-9H,4-6,10-15H2,1-3H3,(H,24,26). The Morgan fingerprint density at radius 2 is 1.96 bits per heavy atom.